The first-order valence-corrected chi connectivity index (χ1v) is 7.08. The Morgan fingerprint density at radius 1 is 1.50 bits per heavy atom. The molecule has 0 radical (unpaired) electrons. The number of rotatable bonds is 7. The minimum atomic E-state index is -0.756. The molecule has 1 aromatic rings. The highest BCUT2D eigenvalue weighted by Gasteiger charge is 2.24. The summed E-state index contributed by atoms with van der Waals surface area (Å²) in [4.78, 5) is 11.3. The van der Waals surface area contributed by atoms with Crippen LogP contribution in [0.1, 0.15) is 31.1 Å². The fourth-order valence-corrected chi connectivity index (χ4v) is 1.96. The second-order valence-electron chi connectivity index (χ2n) is 4.91. The van der Waals surface area contributed by atoms with Crippen molar-refractivity contribution in [1.29, 1.82) is 0 Å². The van der Waals surface area contributed by atoms with Gasteiger partial charge in [-0.2, -0.15) is 0 Å². The average Bonchev–Trinajstić information content (AvgIpc) is 3.27. The van der Waals surface area contributed by atoms with E-state index in [4.69, 9.17) is 14.2 Å². The molecular weight excluding hydrogens is 294 g/mol. The molecule has 6 heteroatoms. The van der Waals surface area contributed by atoms with Gasteiger partial charge in [0.05, 0.1) is 25.9 Å². The Kier molecular flexibility index (Phi) is 5.63. The molecule has 0 spiro atoms. The molecule has 1 saturated heterocycles. The number of ether oxygens (including phenoxy) is 3. The molecule has 22 heavy (non-hydrogen) atoms. The van der Waals surface area contributed by atoms with E-state index < -0.39 is 23.7 Å². The van der Waals surface area contributed by atoms with Gasteiger partial charge in [-0.15, -0.1) is 0 Å². The van der Waals surface area contributed by atoms with Crippen LogP contribution < -0.4 is 0 Å². The summed E-state index contributed by atoms with van der Waals surface area (Å²) in [5.74, 6) is -2.04. The van der Waals surface area contributed by atoms with Gasteiger partial charge in [0, 0.05) is 17.7 Å². The van der Waals surface area contributed by atoms with Gasteiger partial charge in [0.2, 0.25) is 0 Å². The molecule has 0 amide bonds. The Labute approximate surface area is 127 Å². The highest BCUT2D eigenvalue weighted by Crippen LogP contribution is 2.27. The fraction of sp³-hybridized carbons (Fsp3) is 0.438. The lowest BCUT2D eigenvalue weighted by Crippen LogP contribution is -2.09. The zero-order valence-corrected chi connectivity index (χ0v) is 12.5. The maximum absolute atomic E-state index is 14.0. The number of halogens is 2. The van der Waals surface area contributed by atoms with Crippen LogP contribution in [0.4, 0.5) is 8.78 Å². The molecule has 0 aliphatic carbocycles. The molecule has 1 heterocycles. The molecule has 0 bridgehead atoms. The molecule has 0 unspecified atom stereocenters. The van der Waals surface area contributed by atoms with Gasteiger partial charge >= 0.3 is 5.97 Å². The lowest BCUT2D eigenvalue weighted by Gasteiger charge is -2.16. The van der Waals surface area contributed by atoms with E-state index in [2.05, 4.69) is 0 Å². The van der Waals surface area contributed by atoms with Crippen LogP contribution in [0.5, 0.6) is 0 Å². The van der Waals surface area contributed by atoms with Crippen molar-refractivity contribution in [3.8, 4) is 0 Å². The van der Waals surface area contributed by atoms with E-state index in [0.717, 1.165) is 12.1 Å². The highest BCUT2D eigenvalue weighted by atomic mass is 19.1. The normalized spacial score (nSPS) is 18.5. The minimum Gasteiger partial charge on any atom is -0.463 e. The predicted octanol–water partition coefficient (Wildman–Crippen LogP) is 3.02. The third-order valence-electron chi connectivity index (χ3n) is 3.17. The van der Waals surface area contributed by atoms with Crippen LogP contribution in [-0.2, 0) is 19.0 Å². The summed E-state index contributed by atoms with van der Waals surface area (Å²) in [5.41, 5.74) is 0.442. The van der Waals surface area contributed by atoms with Crippen molar-refractivity contribution in [2.24, 2.45) is 0 Å². The summed E-state index contributed by atoms with van der Waals surface area (Å²) < 4.78 is 42.8. The van der Waals surface area contributed by atoms with Crippen LogP contribution in [0.15, 0.2) is 18.2 Å². The number of carbonyl (C=O) groups is 1. The van der Waals surface area contributed by atoms with E-state index in [0.29, 0.717) is 18.8 Å². The summed E-state index contributed by atoms with van der Waals surface area (Å²) in [7, 11) is 0. The monoisotopic (exact) mass is 312 g/mol. The second kappa shape index (κ2) is 7.47. The van der Waals surface area contributed by atoms with Crippen molar-refractivity contribution in [3.05, 3.63) is 41.0 Å². The summed E-state index contributed by atoms with van der Waals surface area (Å²) in [5, 5.41) is 0. The molecule has 1 aromatic carbocycles. The Morgan fingerprint density at radius 3 is 2.86 bits per heavy atom. The molecule has 1 aliphatic heterocycles. The first kappa shape index (κ1) is 16.6. The fourth-order valence-electron chi connectivity index (χ4n) is 1.96. The number of carbonyl (C=O) groups excluding carboxylic acids is 1. The molecule has 4 nitrogen and oxygen atoms in total. The van der Waals surface area contributed by atoms with Gasteiger partial charge in [-0.3, -0.25) is 0 Å². The van der Waals surface area contributed by atoms with Crippen LogP contribution in [-0.4, -0.2) is 31.9 Å². The smallest absolute Gasteiger partial charge is 0.330 e. The zero-order valence-electron chi connectivity index (χ0n) is 12.5. The Bertz CT molecular complexity index is 568. The molecule has 1 fully saturated rings. The van der Waals surface area contributed by atoms with Gasteiger partial charge in [0.25, 0.3) is 0 Å². The SMILES string of the molecule is CCOC(=O)/C=C/c1c(F)cc(F)cc1[C@@H](C)OC[C@H]1CO1. The largest absolute Gasteiger partial charge is 0.463 e. The zero-order chi connectivity index (χ0) is 16.1. The van der Waals surface area contributed by atoms with Crippen molar-refractivity contribution in [2.45, 2.75) is 26.1 Å². The van der Waals surface area contributed by atoms with Gasteiger partial charge < -0.3 is 14.2 Å². The maximum Gasteiger partial charge on any atom is 0.330 e. The molecule has 2 rings (SSSR count). The summed E-state index contributed by atoms with van der Waals surface area (Å²) in [6.45, 7) is 4.59. The quantitative estimate of drug-likeness (QED) is 0.441. The van der Waals surface area contributed by atoms with Crippen LogP contribution in [0, 0.1) is 11.6 Å². The van der Waals surface area contributed by atoms with Crippen LogP contribution in [0.25, 0.3) is 6.08 Å². The van der Waals surface area contributed by atoms with E-state index in [1.54, 1.807) is 13.8 Å². The van der Waals surface area contributed by atoms with Gasteiger partial charge in [0.15, 0.2) is 0 Å². The second-order valence-corrected chi connectivity index (χ2v) is 4.91. The molecule has 0 aromatic heterocycles. The third-order valence-corrected chi connectivity index (χ3v) is 3.17. The molecule has 2 atom stereocenters. The van der Waals surface area contributed by atoms with Crippen molar-refractivity contribution in [2.75, 3.05) is 19.8 Å². The molecule has 0 N–H and O–H groups in total. The van der Waals surface area contributed by atoms with Crippen molar-refractivity contribution >= 4 is 12.0 Å². The van der Waals surface area contributed by atoms with Gasteiger partial charge in [-0.25, -0.2) is 13.6 Å². The van der Waals surface area contributed by atoms with E-state index in [1.165, 1.54) is 12.1 Å². The Hall–Kier alpha value is -1.79. The number of epoxide rings is 1. The Morgan fingerprint density at radius 2 is 2.23 bits per heavy atom. The number of hydrogen-bond acceptors (Lipinski definition) is 4. The van der Waals surface area contributed by atoms with Crippen LogP contribution in [0.3, 0.4) is 0 Å². The standard InChI is InChI=1S/C16H18F2O4/c1-3-20-16(19)5-4-13-14(6-11(17)7-15(13)18)10(2)21-8-12-9-22-12/h4-7,10,12H,3,8-9H2,1-2H3/b5-4+/t10-,12+/m1/s1. The number of esters is 1. The summed E-state index contributed by atoms with van der Waals surface area (Å²) >= 11 is 0. The number of benzene rings is 1. The average molecular weight is 312 g/mol. The molecular formula is C16H18F2O4. The van der Waals surface area contributed by atoms with Crippen LogP contribution >= 0.6 is 0 Å². The van der Waals surface area contributed by atoms with E-state index in [9.17, 15) is 13.6 Å². The molecule has 1 aliphatic rings. The summed E-state index contributed by atoms with van der Waals surface area (Å²) in [6, 6.07) is 1.97. The van der Waals surface area contributed by atoms with Gasteiger partial charge in [-0.05, 0) is 31.6 Å². The van der Waals surface area contributed by atoms with E-state index in [-0.39, 0.29) is 18.3 Å². The van der Waals surface area contributed by atoms with Crippen molar-refractivity contribution in [3.63, 3.8) is 0 Å². The lowest BCUT2D eigenvalue weighted by molar-refractivity contribution is -0.137. The first-order chi connectivity index (χ1) is 10.5. The summed E-state index contributed by atoms with van der Waals surface area (Å²) in [6.07, 6.45) is 1.91. The number of hydrogen-bond donors (Lipinski definition) is 0. The third kappa shape index (κ3) is 4.61. The lowest BCUT2D eigenvalue weighted by atomic mass is 10.0. The van der Waals surface area contributed by atoms with E-state index >= 15 is 0 Å². The first-order valence-electron chi connectivity index (χ1n) is 7.08. The van der Waals surface area contributed by atoms with Gasteiger partial charge in [0.1, 0.15) is 17.7 Å². The Balaban J connectivity index is 2.20. The molecule has 0 saturated carbocycles. The van der Waals surface area contributed by atoms with E-state index in [1.807, 2.05) is 0 Å². The van der Waals surface area contributed by atoms with Gasteiger partial charge in [-0.1, -0.05) is 0 Å². The minimum absolute atomic E-state index is 0.0550. The topological polar surface area (TPSA) is 48.1 Å². The molecule has 120 valence electrons. The van der Waals surface area contributed by atoms with Crippen molar-refractivity contribution < 1.29 is 27.8 Å². The predicted molar refractivity (Wildman–Crippen MR) is 76.1 cm³/mol. The van der Waals surface area contributed by atoms with Crippen LogP contribution in [0.2, 0.25) is 0 Å². The maximum atomic E-state index is 14.0. The van der Waals surface area contributed by atoms with Crippen molar-refractivity contribution in [1.82, 2.24) is 0 Å². The highest BCUT2D eigenvalue weighted by molar-refractivity contribution is 5.87.